The van der Waals surface area contributed by atoms with Crippen molar-refractivity contribution in [3.63, 3.8) is 0 Å². The Balaban J connectivity index is 1.52. The highest BCUT2D eigenvalue weighted by atomic mass is 32.1. The Hall–Kier alpha value is -2.19. The summed E-state index contributed by atoms with van der Waals surface area (Å²) < 4.78 is 10.4. The Kier molecular flexibility index (Phi) is 9.29. The van der Waals surface area contributed by atoms with E-state index < -0.39 is 5.97 Å². The third-order valence-corrected chi connectivity index (χ3v) is 7.05. The molecule has 2 bridgehead atoms. The fraction of sp³-hybridized carbons (Fsp3) is 0.625. The van der Waals surface area contributed by atoms with Crippen molar-refractivity contribution in [3.05, 3.63) is 24.3 Å². The molecule has 0 aromatic heterocycles. The number of hydrogen-bond donors (Lipinski definition) is 3. The van der Waals surface area contributed by atoms with Crippen molar-refractivity contribution >= 4 is 34.7 Å². The maximum atomic E-state index is 10.6. The number of carboxylic acid groups (broad SMARTS) is 1. The first kappa shape index (κ1) is 24.5. The largest absolute Gasteiger partial charge is 0.497 e. The third kappa shape index (κ3) is 6.90. The first-order valence-electron chi connectivity index (χ1n) is 11.5. The van der Waals surface area contributed by atoms with Crippen LogP contribution in [-0.4, -0.2) is 42.2 Å². The first-order valence-corrected chi connectivity index (χ1v) is 11.9. The zero-order valence-electron chi connectivity index (χ0n) is 19.0. The van der Waals surface area contributed by atoms with Crippen LogP contribution in [-0.2, 0) is 9.53 Å². The van der Waals surface area contributed by atoms with Crippen molar-refractivity contribution in [3.8, 4) is 5.75 Å². The van der Waals surface area contributed by atoms with Crippen LogP contribution in [0, 0.1) is 23.7 Å². The zero-order valence-corrected chi connectivity index (χ0v) is 19.8. The second kappa shape index (κ2) is 12.2. The number of hydrazone groups is 1. The molecule has 2 unspecified atom stereocenters. The number of unbranched alkanes of at least 4 members (excludes halogenated alkanes) is 1. The van der Waals surface area contributed by atoms with Crippen LogP contribution in [0.1, 0.15) is 51.9 Å². The van der Waals surface area contributed by atoms with Gasteiger partial charge in [-0.2, -0.15) is 5.10 Å². The van der Waals surface area contributed by atoms with E-state index in [1.54, 1.807) is 7.11 Å². The highest BCUT2D eigenvalue weighted by molar-refractivity contribution is 7.80. The molecule has 0 saturated heterocycles. The van der Waals surface area contributed by atoms with Crippen molar-refractivity contribution in [2.24, 2.45) is 28.8 Å². The predicted octanol–water partition coefficient (Wildman–Crippen LogP) is 4.68. The standard InChI is InChI=1S/C24H35N3O4S/c1-16(26-27-24(32)25-19-10-12-20(30-2)13-11-19)23-18-8-6-17(7-9-18)21(23)5-3-4-14-31-15-22(28)29/h10-13,17-18,21,23H,3-9,14-15H2,1-2H3,(H,28,29)(H2,25,27,32). The molecule has 4 rings (SSSR count). The van der Waals surface area contributed by atoms with Gasteiger partial charge in [-0.3, -0.25) is 5.43 Å². The number of fused-ring (bicyclic) bond motifs is 3. The van der Waals surface area contributed by atoms with Crippen LogP contribution in [0.5, 0.6) is 5.75 Å². The molecular formula is C24H35N3O4S. The molecule has 3 aliphatic rings. The number of ether oxygens (including phenoxy) is 2. The summed E-state index contributed by atoms with van der Waals surface area (Å²) in [4.78, 5) is 10.6. The molecule has 1 aromatic rings. The Morgan fingerprint density at radius 3 is 2.50 bits per heavy atom. The van der Waals surface area contributed by atoms with E-state index in [1.807, 2.05) is 24.3 Å². The Labute approximate surface area is 195 Å². The minimum Gasteiger partial charge on any atom is -0.497 e. The highest BCUT2D eigenvalue weighted by Crippen LogP contribution is 2.51. The predicted molar refractivity (Wildman–Crippen MR) is 130 cm³/mol. The molecule has 8 heteroatoms. The molecule has 2 atom stereocenters. The van der Waals surface area contributed by atoms with Gasteiger partial charge in [0.05, 0.1) is 7.11 Å². The Morgan fingerprint density at radius 2 is 1.84 bits per heavy atom. The summed E-state index contributed by atoms with van der Waals surface area (Å²) in [6, 6.07) is 7.60. The van der Waals surface area contributed by atoms with Gasteiger partial charge in [0.2, 0.25) is 0 Å². The lowest BCUT2D eigenvalue weighted by Crippen LogP contribution is -2.44. The van der Waals surface area contributed by atoms with Gasteiger partial charge in [-0.05, 0) is 99.7 Å². The van der Waals surface area contributed by atoms with E-state index in [4.69, 9.17) is 26.8 Å². The molecule has 0 aliphatic heterocycles. The van der Waals surface area contributed by atoms with Gasteiger partial charge in [0.1, 0.15) is 12.4 Å². The van der Waals surface area contributed by atoms with Gasteiger partial charge in [-0.1, -0.05) is 6.42 Å². The Bertz CT molecular complexity index is 791. The number of benzene rings is 1. The minimum atomic E-state index is -0.909. The van der Waals surface area contributed by atoms with Crippen molar-refractivity contribution in [2.45, 2.75) is 51.9 Å². The molecule has 32 heavy (non-hydrogen) atoms. The summed E-state index contributed by atoms with van der Waals surface area (Å²) in [5.74, 6) is 2.47. The van der Waals surface area contributed by atoms with Crippen LogP contribution < -0.4 is 15.5 Å². The van der Waals surface area contributed by atoms with E-state index in [1.165, 1.54) is 25.7 Å². The van der Waals surface area contributed by atoms with Gasteiger partial charge in [0.15, 0.2) is 5.11 Å². The normalized spacial score (nSPS) is 24.8. The van der Waals surface area contributed by atoms with E-state index in [9.17, 15) is 4.79 Å². The minimum absolute atomic E-state index is 0.210. The van der Waals surface area contributed by atoms with Crippen molar-refractivity contribution in [1.82, 2.24) is 5.43 Å². The van der Waals surface area contributed by atoms with Crippen molar-refractivity contribution in [1.29, 1.82) is 0 Å². The summed E-state index contributed by atoms with van der Waals surface area (Å²) in [6.07, 6.45) is 8.31. The quantitative estimate of drug-likeness (QED) is 0.191. The lowest BCUT2D eigenvalue weighted by atomic mass is 9.56. The summed E-state index contributed by atoms with van der Waals surface area (Å²) in [5.41, 5.74) is 5.05. The van der Waals surface area contributed by atoms with E-state index in [2.05, 4.69) is 22.8 Å². The molecule has 0 amide bonds. The Morgan fingerprint density at radius 1 is 1.16 bits per heavy atom. The van der Waals surface area contributed by atoms with Crippen LogP contribution in [0.15, 0.2) is 29.4 Å². The van der Waals surface area contributed by atoms with Gasteiger partial charge in [0, 0.05) is 23.9 Å². The van der Waals surface area contributed by atoms with Gasteiger partial charge in [-0.25, -0.2) is 4.79 Å². The van der Waals surface area contributed by atoms with Gasteiger partial charge >= 0.3 is 5.97 Å². The van der Waals surface area contributed by atoms with E-state index in [0.29, 0.717) is 29.5 Å². The molecule has 1 aromatic carbocycles. The molecule has 3 aliphatic carbocycles. The molecule has 3 fully saturated rings. The molecule has 0 spiro atoms. The number of rotatable bonds is 11. The van der Waals surface area contributed by atoms with Crippen LogP contribution in [0.25, 0.3) is 0 Å². The van der Waals surface area contributed by atoms with Crippen LogP contribution in [0.4, 0.5) is 5.69 Å². The smallest absolute Gasteiger partial charge is 0.329 e. The van der Waals surface area contributed by atoms with Crippen molar-refractivity contribution < 1.29 is 19.4 Å². The van der Waals surface area contributed by atoms with Crippen molar-refractivity contribution in [2.75, 3.05) is 25.6 Å². The number of thiocarbonyl (C=S) groups is 1. The monoisotopic (exact) mass is 461 g/mol. The fourth-order valence-corrected chi connectivity index (χ4v) is 5.60. The molecule has 7 nitrogen and oxygen atoms in total. The molecular weight excluding hydrogens is 426 g/mol. The number of carboxylic acids is 1. The average Bonchev–Trinajstić information content (AvgIpc) is 2.80. The summed E-state index contributed by atoms with van der Waals surface area (Å²) in [7, 11) is 1.64. The number of nitrogens with zero attached hydrogens (tertiary/aromatic N) is 1. The highest BCUT2D eigenvalue weighted by Gasteiger charge is 2.44. The van der Waals surface area contributed by atoms with Gasteiger partial charge < -0.3 is 19.9 Å². The number of nitrogens with one attached hydrogen (secondary N) is 2. The molecule has 176 valence electrons. The SMILES string of the molecule is COc1ccc(NC(=S)NN=C(C)C2C3CCC(CC3)C2CCCCOCC(=O)O)cc1. The summed E-state index contributed by atoms with van der Waals surface area (Å²) in [6.45, 7) is 2.42. The molecule has 0 radical (unpaired) electrons. The first-order chi connectivity index (χ1) is 15.5. The van der Waals surface area contributed by atoms with Gasteiger partial charge in [0.25, 0.3) is 0 Å². The second-order valence-corrected chi connectivity index (χ2v) is 9.26. The number of anilines is 1. The van der Waals surface area contributed by atoms with Gasteiger partial charge in [-0.15, -0.1) is 0 Å². The molecule has 0 heterocycles. The van der Waals surface area contributed by atoms with E-state index in [-0.39, 0.29) is 6.61 Å². The van der Waals surface area contributed by atoms with Crippen LogP contribution >= 0.6 is 12.2 Å². The lowest BCUT2D eigenvalue weighted by Gasteiger charge is -2.49. The average molecular weight is 462 g/mol. The van der Waals surface area contributed by atoms with E-state index in [0.717, 1.165) is 42.3 Å². The lowest BCUT2D eigenvalue weighted by molar-refractivity contribution is -0.142. The van der Waals surface area contributed by atoms with Crippen LogP contribution in [0.3, 0.4) is 0 Å². The number of aliphatic carboxylic acids is 1. The zero-order chi connectivity index (χ0) is 22.9. The summed E-state index contributed by atoms with van der Waals surface area (Å²) in [5, 5.41) is 17.0. The third-order valence-electron chi connectivity index (χ3n) is 6.86. The van der Waals surface area contributed by atoms with E-state index >= 15 is 0 Å². The fourth-order valence-electron chi connectivity index (χ4n) is 5.43. The maximum absolute atomic E-state index is 10.6. The molecule has 3 saturated carbocycles. The number of carbonyl (C=O) groups is 1. The number of methoxy groups -OCH3 is 1. The topological polar surface area (TPSA) is 92.2 Å². The summed E-state index contributed by atoms with van der Waals surface area (Å²) >= 11 is 5.43. The number of hydrogen-bond acceptors (Lipinski definition) is 5. The second-order valence-electron chi connectivity index (χ2n) is 8.85. The maximum Gasteiger partial charge on any atom is 0.329 e. The molecule has 3 N–H and O–H groups in total. The van der Waals surface area contributed by atoms with Crippen LogP contribution in [0.2, 0.25) is 0 Å².